The molecule has 4 aromatic carbocycles. The monoisotopic (exact) mass is 635 g/mol. The van der Waals surface area contributed by atoms with Crippen LogP contribution >= 0.6 is 34.5 Å². The van der Waals surface area contributed by atoms with Crippen molar-refractivity contribution in [3.63, 3.8) is 0 Å². The minimum atomic E-state index is -0.356. The van der Waals surface area contributed by atoms with Gasteiger partial charge in [-0.1, -0.05) is 95.2 Å². The molecular formula is C36H24Cl2FN3OS. The third-order valence-corrected chi connectivity index (χ3v) is 10.1. The van der Waals surface area contributed by atoms with Crippen LogP contribution < -0.4 is 14.9 Å². The molecule has 1 aliphatic heterocycles. The van der Waals surface area contributed by atoms with Crippen LogP contribution in [0.5, 0.6) is 0 Å². The Morgan fingerprint density at radius 3 is 2.59 bits per heavy atom. The van der Waals surface area contributed by atoms with Crippen LogP contribution in [0.25, 0.3) is 22.7 Å². The Labute approximate surface area is 266 Å². The van der Waals surface area contributed by atoms with Crippen molar-refractivity contribution in [3.05, 3.63) is 166 Å². The summed E-state index contributed by atoms with van der Waals surface area (Å²) in [6, 6.07) is 28.1. The number of nitrogens with zero attached hydrogens (tertiary/aromatic N) is 3. The first-order valence-electron chi connectivity index (χ1n) is 14.3. The highest BCUT2D eigenvalue weighted by Crippen LogP contribution is 2.41. The maximum absolute atomic E-state index is 14.2. The van der Waals surface area contributed by atoms with E-state index in [1.54, 1.807) is 22.8 Å². The summed E-state index contributed by atoms with van der Waals surface area (Å²) >= 11 is 14.0. The number of para-hydroxylation sites is 1. The Bertz CT molecular complexity index is 2330. The fraction of sp³-hybridized carbons (Fsp3) is 0.111. The predicted molar refractivity (Wildman–Crippen MR) is 177 cm³/mol. The number of hydrogen-bond acceptors (Lipinski definition) is 3. The van der Waals surface area contributed by atoms with Crippen molar-refractivity contribution in [2.24, 2.45) is 4.99 Å². The van der Waals surface area contributed by atoms with E-state index in [1.807, 2.05) is 36.4 Å². The van der Waals surface area contributed by atoms with Crippen molar-refractivity contribution < 1.29 is 4.39 Å². The van der Waals surface area contributed by atoms with Gasteiger partial charge in [0.1, 0.15) is 5.82 Å². The maximum Gasteiger partial charge on any atom is 0.271 e. The Hall–Kier alpha value is -4.23. The minimum absolute atomic E-state index is 0.105. The third-order valence-electron chi connectivity index (χ3n) is 8.52. The summed E-state index contributed by atoms with van der Waals surface area (Å²) in [6.07, 6.45) is 5.67. The highest BCUT2D eigenvalue weighted by atomic mass is 35.5. The van der Waals surface area contributed by atoms with Gasteiger partial charge in [0.2, 0.25) is 0 Å². The molecular weight excluding hydrogens is 612 g/mol. The molecule has 216 valence electrons. The Morgan fingerprint density at radius 1 is 0.955 bits per heavy atom. The first-order chi connectivity index (χ1) is 21.4. The van der Waals surface area contributed by atoms with E-state index in [2.05, 4.69) is 41.1 Å². The SMILES string of the molecule is O=c1/c(=C/c2cn(Cc3ccc(Cl)cc3Cl)c3ccccc23)sc2n1[C@H](c1ccc(F)cc1)C1=C(N=2)c2ccccc2CC1. The van der Waals surface area contributed by atoms with Gasteiger partial charge in [-0.05, 0) is 71.5 Å². The van der Waals surface area contributed by atoms with Gasteiger partial charge in [0.05, 0.1) is 16.3 Å². The number of halogens is 3. The Kier molecular flexibility index (Phi) is 6.67. The van der Waals surface area contributed by atoms with Crippen molar-refractivity contribution in [1.82, 2.24) is 9.13 Å². The second-order valence-electron chi connectivity index (χ2n) is 11.1. The number of aryl methyl sites for hydroxylation is 1. The normalized spacial score (nSPS) is 16.1. The van der Waals surface area contributed by atoms with Gasteiger partial charge in [-0.2, -0.15) is 0 Å². The van der Waals surface area contributed by atoms with Crippen LogP contribution in [-0.2, 0) is 13.0 Å². The summed E-state index contributed by atoms with van der Waals surface area (Å²) in [6.45, 7) is 0.558. The van der Waals surface area contributed by atoms with E-state index in [4.69, 9.17) is 28.2 Å². The zero-order valence-corrected chi connectivity index (χ0v) is 25.6. The molecule has 3 heterocycles. The summed E-state index contributed by atoms with van der Waals surface area (Å²) < 4.78 is 18.5. The molecule has 8 rings (SSSR count). The molecule has 6 aromatic rings. The van der Waals surface area contributed by atoms with Crippen LogP contribution in [0.4, 0.5) is 4.39 Å². The van der Waals surface area contributed by atoms with E-state index >= 15 is 0 Å². The number of allylic oxidation sites excluding steroid dienone is 1. The van der Waals surface area contributed by atoms with E-state index in [0.29, 0.717) is 25.9 Å². The number of hydrogen-bond donors (Lipinski definition) is 0. The van der Waals surface area contributed by atoms with E-state index in [-0.39, 0.29) is 17.4 Å². The lowest BCUT2D eigenvalue weighted by molar-refractivity contribution is 0.581. The number of aromatic nitrogens is 2. The van der Waals surface area contributed by atoms with Crippen LogP contribution in [0.3, 0.4) is 0 Å². The van der Waals surface area contributed by atoms with Crippen LogP contribution in [0.15, 0.2) is 113 Å². The lowest BCUT2D eigenvalue weighted by Gasteiger charge is -2.30. The van der Waals surface area contributed by atoms with Gasteiger partial charge >= 0.3 is 0 Å². The second-order valence-corrected chi connectivity index (χ2v) is 13.0. The zero-order valence-electron chi connectivity index (χ0n) is 23.3. The molecule has 0 amide bonds. The highest BCUT2D eigenvalue weighted by molar-refractivity contribution is 7.07. The van der Waals surface area contributed by atoms with Gasteiger partial charge < -0.3 is 4.57 Å². The minimum Gasteiger partial charge on any atom is -0.342 e. The first kappa shape index (κ1) is 27.3. The van der Waals surface area contributed by atoms with Crippen LogP contribution in [-0.4, -0.2) is 9.13 Å². The quantitative estimate of drug-likeness (QED) is 0.195. The molecule has 1 aliphatic carbocycles. The highest BCUT2D eigenvalue weighted by Gasteiger charge is 2.32. The van der Waals surface area contributed by atoms with Crippen LogP contribution in [0.2, 0.25) is 10.0 Å². The van der Waals surface area contributed by atoms with Crippen molar-refractivity contribution in [3.8, 4) is 0 Å². The lowest BCUT2D eigenvalue weighted by Crippen LogP contribution is -2.38. The molecule has 44 heavy (non-hydrogen) atoms. The van der Waals surface area contributed by atoms with Crippen molar-refractivity contribution in [1.29, 1.82) is 0 Å². The topological polar surface area (TPSA) is 39.3 Å². The molecule has 0 saturated carbocycles. The van der Waals surface area contributed by atoms with E-state index < -0.39 is 0 Å². The number of rotatable bonds is 4. The second kappa shape index (κ2) is 10.7. The maximum atomic E-state index is 14.2. The summed E-state index contributed by atoms with van der Waals surface area (Å²) in [7, 11) is 0. The van der Waals surface area contributed by atoms with Crippen molar-refractivity contribution in [2.45, 2.75) is 25.4 Å². The summed E-state index contributed by atoms with van der Waals surface area (Å²) in [5.41, 5.74) is 8.05. The molecule has 8 heteroatoms. The molecule has 0 bridgehead atoms. The van der Waals surface area contributed by atoms with Crippen LogP contribution in [0, 0.1) is 5.82 Å². The molecule has 2 aromatic heterocycles. The summed E-state index contributed by atoms with van der Waals surface area (Å²) in [5.74, 6) is -0.305. The van der Waals surface area contributed by atoms with Gasteiger partial charge in [0.25, 0.3) is 5.56 Å². The lowest BCUT2D eigenvalue weighted by atomic mass is 9.83. The number of thiazole rings is 1. The van der Waals surface area contributed by atoms with Crippen molar-refractivity contribution >= 4 is 57.2 Å². The number of benzene rings is 4. The molecule has 0 fully saturated rings. The predicted octanol–water partition coefficient (Wildman–Crippen LogP) is 7.77. The molecule has 4 nitrogen and oxygen atoms in total. The fourth-order valence-corrected chi connectivity index (χ4v) is 7.92. The van der Waals surface area contributed by atoms with Gasteiger partial charge in [-0.25, -0.2) is 9.38 Å². The van der Waals surface area contributed by atoms with E-state index in [0.717, 1.165) is 57.3 Å². The summed E-state index contributed by atoms with van der Waals surface area (Å²) in [4.78, 5) is 20.0. The fourth-order valence-electron chi connectivity index (χ4n) is 6.46. The standard InChI is InChI=1S/C36H24Cl2FN3OS/c37-25-13-9-23(30(38)18-25)19-41-20-24(27-6-3-4-8-31(27)41)17-32-35(43)42-34(22-10-14-26(39)15-11-22)29-16-12-21-5-1-2-7-28(21)33(29)40-36(42)44-32/h1-11,13-15,17-18,20,34H,12,16,19H2/b32-17-/t34-/m1/s1. The molecule has 1 atom stereocenters. The average molecular weight is 637 g/mol. The molecule has 2 aliphatic rings. The van der Waals surface area contributed by atoms with Crippen molar-refractivity contribution in [2.75, 3.05) is 0 Å². The van der Waals surface area contributed by atoms with Gasteiger partial charge in [-0.15, -0.1) is 0 Å². The third kappa shape index (κ3) is 4.56. The Balaban J connectivity index is 1.31. The average Bonchev–Trinajstić information content (AvgIpc) is 3.54. The van der Waals surface area contributed by atoms with E-state index in [1.165, 1.54) is 29.0 Å². The van der Waals surface area contributed by atoms with Gasteiger partial charge in [0, 0.05) is 44.8 Å². The molecule has 0 saturated heterocycles. The smallest absolute Gasteiger partial charge is 0.271 e. The molecule has 0 unspecified atom stereocenters. The zero-order chi connectivity index (χ0) is 29.9. The first-order valence-corrected chi connectivity index (χ1v) is 15.9. The molecule has 0 spiro atoms. The number of fused-ring (bicyclic) bond motifs is 4. The summed E-state index contributed by atoms with van der Waals surface area (Å²) in [5, 5.41) is 2.24. The van der Waals surface area contributed by atoms with Gasteiger partial charge in [-0.3, -0.25) is 9.36 Å². The van der Waals surface area contributed by atoms with Crippen LogP contribution in [0.1, 0.15) is 40.3 Å². The Morgan fingerprint density at radius 2 is 1.75 bits per heavy atom. The van der Waals surface area contributed by atoms with Gasteiger partial charge in [0.15, 0.2) is 4.80 Å². The molecule has 0 N–H and O–H groups in total. The molecule has 0 radical (unpaired) electrons. The largest absolute Gasteiger partial charge is 0.342 e. The van der Waals surface area contributed by atoms with E-state index in [9.17, 15) is 9.18 Å².